The highest BCUT2D eigenvalue weighted by molar-refractivity contribution is 7.18. The minimum absolute atomic E-state index is 0.534. The zero-order chi connectivity index (χ0) is 15.6. The molecule has 3 aromatic rings. The van der Waals surface area contributed by atoms with Crippen molar-refractivity contribution in [2.75, 3.05) is 25.1 Å². The molecule has 0 saturated carbocycles. The van der Waals surface area contributed by atoms with Gasteiger partial charge in [0, 0.05) is 31.4 Å². The van der Waals surface area contributed by atoms with Crippen LogP contribution in [-0.2, 0) is 0 Å². The molecule has 1 fully saturated rings. The molecule has 1 aromatic carbocycles. The van der Waals surface area contributed by atoms with E-state index in [0.29, 0.717) is 11.8 Å². The van der Waals surface area contributed by atoms with E-state index >= 15 is 0 Å². The number of thiazole rings is 1. The van der Waals surface area contributed by atoms with Crippen LogP contribution in [0.15, 0.2) is 36.7 Å². The van der Waals surface area contributed by atoms with Gasteiger partial charge in [0.25, 0.3) is 5.88 Å². The fraction of sp³-hybridized carbons (Fsp3) is 0.353. The van der Waals surface area contributed by atoms with Crippen molar-refractivity contribution in [3.05, 3.63) is 41.7 Å². The highest BCUT2D eigenvalue weighted by Gasteiger charge is 2.25. The molecule has 1 aliphatic rings. The first-order valence-electron chi connectivity index (χ1n) is 7.80. The van der Waals surface area contributed by atoms with Crippen molar-refractivity contribution in [3.8, 4) is 5.88 Å². The van der Waals surface area contributed by atoms with Crippen LogP contribution in [0, 0.1) is 0 Å². The zero-order valence-corrected chi connectivity index (χ0v) is 13.8. The summed E-state index contributed by atoms with van der Waals surface area (Å²) in [7, 11) is 1.64. The molecule has 0 radical (unpaired) electrons. The Kier molecular flexibility index (Phi) is 3.83. The van der Waals surface area contributed by atoms with E-state index in [0.717, 1.165) is 37.3 Å². The zero-order valence-electron chi connectivity index (χ0n) is 13.0. The van der Waals surface area contributed by atoms with Crippen LogP contribution in [0.25, 0.3) is 10.2 Å². The number of piperidine rings is 1. The lowest BCUT2D eigenvalue weighted by Crippen LogP contribution is -2.33. The highest BCUT2D eigenvalue weighted by atomic mass is 32.1. The third-order valence-corrected chi connectivity index (χ3v) is 5.49. The second kappa shape index (κ2) is 6.12. The molecule has 0 unspecified atom stereocenters. The van der Waals surface area contributed by atoms with Crippen molar-refractivity contribution in [1.29, 1.82) is 0 Å². The average molecular weight is 326 g/mol. The molecular weight excluding hydrogens is 308 g/mol. The number of nitrogens with zero attached hydrogens (tertiary/aromatic N) is 4. The predicted molar refractivity (Wildman–Crippen MR) is 92.4 cm³/mol. The molecule has 0 bridgehead atoms. The minimum atomic E-state index is 0.534. The summed E-state index contributed by atoms with van der Waals surface area (Å²) in [4.78, 5) is 15.7. The number of para-hydroxylation sites is 1. The summed E-state index contributed by atoms with van der Waals surface area (Å²) in [5, 5.41) is 1.26. The second-order valence-corrected chi connectivity index (χ2v) is 6.73. The maximum absolute atomic E-state index is 5.32. The van der Waals surface area contributed by atoms with Crippen molar-refractivity contribution < 1.29 is 4.74 Å². The molecule has 2 aromatic heterocycles. The van der Waals surface area contributed by atoms with E-state index in [-0.39, 0.29) is 0 Å². The fourth-order valence-electron chi connectivity index (χ4n) is 3.08. The molecular formula is C17H18N4OS. The van der Waals surface area contributed by atoms with Crippen LogP contribution in [0.1, 0.15) is 23.8 Å². The largest absolute Gasteiger partial charge is 0.478 e. The van der Waals surface area contributed by atoms with Crippen LogP contribution in [0.2, 0.25) is 0 Å². The molecule has 0 amide bonds. The normalized spacial score (nSPS) is 16.0. The third-order valence-electron chi connectivity index (χ3n) is 4.29. The van der Waals surface area contributed by atoms with Gasteiger partial charge in [-0.15, -0.1) is 11.3 Å². The number of hydrogen-bond acceptors (Lipinski definition) is 6. The maximum atomic E-state index is 5.32. The van der Waals surface area contributed by atoms with Gasteiger partial charge in [0.1, 0.15) is 0 Å². The lowest BCUT2D eigenvalue weighted by atomic mass is 9.97. The Morgan fingerprint density at radius 2 is 1.91 bits per heavy atom. The number of anilines is 1. The summed E-state index contributed by atoms with van der Waals surface area (Å²) in [6.07, 6.45) is 5.55. The van der Waals surface area contributed by atoms with Gasteiger partial charge in [-0.05, 0) is 25.0 Å². The third kappa shape index (κ3) is 2.74. The van der Waals surface area contributed by atoms with Gasteiger partial charge in [-0.3, -0.25) is 0 Å². The summed E-state index contributed by atoms with van der Waals surface area (Å²) in [6, 6.07) is 8.37. The first-order chi connectivity index (χ1) is 11.3. The molecule has 0 N–H and O–H groups in total. The fourth-order valence-corrected chi connectivity index (χ4v) is 4.22. The van der Waals surface area contributed by atoms with E-state index in [1.807, 2.05) is 11.3 Å². The average Bonchev–Trinajstić information content (AvgIpc) is 3.06. The number of benzene rings is 1. The summed E-state index contributed by atoms with van der Waals surface area (Å²) in [6.45, 7) is 1.91. The molecule has 0 aliphatic carbocycles. The van der Waals surface area contributed by atoms with E-state index in [4.69, 9.17) is 9.72 Å². The Bertz CT molecular complexity index is 778. The number of hydrogen-bond donors (Lipinski definition) is 0. The highest BCUT2D eigenvalue weighted by Crippen LogP contribution is 2.35. The van der Waals surface area contributed by atoms with E-state index in [1.54, 1.807) is 19.5 Å². The van der Waals surface area contributed by atoms with Crippen molar-refractivity contribution in [3.63, 3.8) is 0 Å². The van der Waals surface area contributed by atoms with E-state index in [2.05, 4.69) is 39.1 Å². The van der Waals surface area contributed by atoms with Gasteiger partial charge in [0.2, 0.25) is 0 Å². The quantitative estimate of drug-likeness (QED) is 0.737. The molecule has 0 atom stereocenters. The van der Waals surface area contributed by atoms with Crippen LogP contribution in [-0.4, -0.2) is 35.2 Å². The van der Waals surface area contributed by atoms with Crippen molar-refractivity contribution in [1.82, 2.24) is 15.0 Å². The van der Waals surface area contributed by atoms with E-state index in [9.17, 15) is 0 Å². The summed E-state index contributed by atoms with van der Waals surface area (Å²) >= 11 is 1.83. The molecule has 5 nitrogen and oxygen atoms in total. The lowest BCUT2D eigenvalue weighted by Gasteiger charge is -2.32. The topological polar surface area (TPSA) is 51.1 Å². The number of methoxy groups -OCH3 is 1. The summed E-state index contributed by atoms with van der Waals surface area (Å²) < 4.78 is 6.60. The van der Waals surface area contributed by atoms with Crippen molar-refractivity contribution in [2.45, 2.75) is 18.8 Å². The van der Waals surface area contributed by atoms with E-state index < -0.39 is 0 Å². The van der Waals surface area contributed by atoms with E-state index in [1.165, 1.54) is 9.71 Å². The molecule has 1 aliphatic heterocycles. The number of aromatic nitrogens is 3. The Labute approximate surface area is 139 Å². The van der Waals surface area contributed by atoms with Crippen LogP contribution in [0.5, 0.6) is 5.88 Å². The molecule has 1 saturated heterocycles. The van der Waals surface area contributed by atoms with Gasteiger partial charge >= 0.3 is 0 Å². The van der Waals surface area contributed by atoms with Crippen LogP contribution >= 0.6 is 11.3 Å². The number of ether oxygens (including phenoxy) is 1. The smallest absolute Gasteiger partial charge is 0.257 e. The standard InChI is InChI=1S/C17H18N4OS/c1-22-16-15(18-8-9-19-16)21-10-6-12(7-11-21)17-20-13-4-2-3-5-14(13)23-17/h2-5,8-9,12H,6-7,10-11H2,1H3. The predicted octanol–water partition coefficient (Wildman–Crippen LogP) is 3.48. The monoisotopic (exact) mass is 326 g/mol. The van der Waals surface area contributed by atoms with Gasteiger partial charge in [-0.1, -0.05) is 12.1 Å². The Balaban J connectivity index is 1.50. The second-order valence-electron chi connectivity index (χ2n) is 5.67. The number of rotatable bonds is 3. The van der Waals surface area contributed by atoms with Gasteiger partial charge in [-0.2, -0.15) is 0 Å². The van der Waals surface area contributed by atoms with Crippen LogP contribution in [0.3, 0.4) is 0 Å². The van der Waals surface area contributed by atoms with Gasteiger partial charge < -0.3 is 9.64 Å². The van der Waals surface area contributed by atoms with Gasteiger partial charge in [-0.25, -0.2) is 15.0 Å². The Morgan fingerprint density at radius 1 is 1.13 bits per heavy atom. The first-order valence-corrected chi connectivity index (χ1v) is 8.62. The molecule has 4 rings (SSSR count). The molecule has 23 heavy (non-hydrogen) atoms. The van der Waals surface area contributed by atoms with Crippen molar-refractivity contribution in [2.24, 2.45) is 0 Å². The van der Waals surface area contributed by atoms with Gasteiger partial charge in [0.05, 0.1) is 22.3 Å². The number of fused-ring (bicyclic) bond motifs is 1. The van der Waals surface area contributed by atoms with Crippen molar-refractivity contribution >= 4 is 27.4 Å². The Morgan fingerprint density at radius 3 is 2.70 bits per heavy atom. The van der Waals surface area contributed by atoms with Crippen LogP contribution in [0.4, 0.5) is 5.82 Å². The lowest BCUT2D eigenvalue weighted by molar-refractivity contribution is 0.392. The molecule has 118 valence electrons. The SMILES string of the molecule is COc1nccnc1N1CCC(c2nc3ccccc3s2)CC1. The van der Waals surface area contributed by atoms with Crippen LogP contribution < -0.4 is 9.64 Å². The Hall–Kier alpha value is -2.21. The van der Waals surface area contributed by atoms with Gasteiger partial charge in [0.15, 0.2) is 5.82 Å². The molecule has 3 heterocycles. The molecule has 6 heteroatoms. The summed E-state index contributed by atoms with van der Waals surface area (Å²) in [5.41, 5.74) is 1.12. The maximum Gasteiger partial charge on any atom is 0.257 e. The summed E-state index contributed by atoms with van der Waals surface area (Å²) in [5.74, 6) is 1.98. The molecule has 0 spiro atoms. The minimum Gasteiger partial charge on any atom is -0.478 e. The first kappa shape index (κ1) is 14.4.